The average molecular weight is 280 g/mol. The van der Waals surface area contributed by atoms with Crippen LogP contribution in [0.4, 0.5) is 0 Å². The SMILES string of the molecule is NC1(CC(=O)NCCn2cnc(C(=O)O)c2)CCCC1. The molecule has 20 heavy (non-hydrogen) atoms. The van der Waals surface area contributed by atoms with E-state index in [1.54, 1.807) is 4.57 Å². The minimum atomic E-state index is -1.06. The van der Waals surface area contributed by atoms with Crippen molar-refractivity contribution in [3.05, 3.63) is 18.2 Å². The molecule has 1 aliphatic carbocycles. The first-order chi connectivity index (χ1) is 9.48. The number of carbonyl (C=O) groups is 2. The normalized spacial score (nSPS) is 17.1. The predicted octanol–water partition coefficient (Wildman–Crippen LogP) is 0.359. The fourth-order valence-corrected chi connectivity index (χ4v) is 2.56. The molecule has 110 valence electrons. The van der Waals surface area contributed by atoms with E-state index in [9.17, 15) is 9.59 Å². The standard InChI is InChI=1S/C13H20N4O3/c14-13(3-1-2-4-13)7-11(18)15-5-6-17-8-10(12(19)20)16-9-17/h8-9H,1-7,14H2,(H,15,18)(H,19,20). The van der Waals surface area contributed by atoms with E-state index in [1.807, 2.05) is 0 Å². The molecule has 0 bridgehead atoms. The second-order valence-corrected chi connectivity index (χ2v) is 5.40. The molecule has 0 unspecified atom stereocenters. The van der Waals surface area contributed by atoms with Crippen molar-refractivity contribution in [2.45, 2.75) is 44.2 Å². The zero-order valence-electron chi connectivity index (χ0n) is 11.3. The van der Waals surface area contributed by atoms with Crippen LogP contribution in [-0.2, 0) is 11.3 Å². The Bertz CT molecular complexity index is 492. The number of nitrogens with zero attached hydrogens (tertiary/aromatic N) is 2. The molecule has 4 N–H and O–H groups in total. The number of hydrogen-bond acceptors (Lipinski definition) is 4. The molecule has 1 saturated carbocycles. The molecule has 2 rings (SSSR count). The van der Waals surface area contributed by atoms with E-state index in [0.717, 1.165) is 25.7 Å². The van der Waals surface area contributed by atoms with Crippen LogP contribution in [0.15, 0.2) is 12.5 Å². The first-order valence-electron chi connectivity index (χ1n) is 6.79. The van der Waals surface area contributed by atoms with Gasteiger partial charge in [0, 0.05) is 31.2 Å². The molecule has 1 fully saturated rings. The minimum absolute atomic E-state index is 0.00296. The maximum Gasteiger partial charge on any atom is 0.356 e. The number of hydrogen-bond donors (Lipinski definition) is 3. The van der Waals surface area contributed by atoms with Crippen molar-refractivity contribution in [1.29, 1.82) is 0 Å². The van der Waals surface area contributed by atoms with Gasteiger partial charge >= 0.3 is 5.97 Å². The summed E-state index contributed by atoms with van der Waals surface area (Å²) in [4.78, 5) is 26.2. The highest BCUT2D eigenvalue weighted by Crippen LogP contribution is 2.29. The lowest BCUT2D eigenvalue weighted by Crippen LogP contribution is -2.42. The largest absolute Gasteiger partial charge is 0.476 e. The van der Waals surface area contributed by atoms with E-state index in [0.29, 0.717) is 19.5 Å². The van der Waals surface area contributed by atoms with Gasteiger partial charge in [0.1, 0.15) is 0 Å². The number of aromatic nitrogens is 2. The third-order valence-corrected chi connectivity index (χ3v) is 3.66. The van der Waals surface area contributed by atoms with Crippen molar-refractivity contribution in [3.8, 4) is 0 Å². The van der Waals surface area contributed by atoms with Crippen LogP contribution in [0.2, 0.25) is 0 Å². The summed E-state index contributed by atoms with van der Waals surface area (Å²) >= 11 is 0. The van der Waals surface area contributed by atoms with Crippen LogP contribution >= 0.6 is 0 Å². The predicted molar refractivity (Wildman–Crippen MR) is 72.2 cm³/mol. The number of imidazole rings is 1. The molecule has 0 spiro atoms. The molecular formula is C13H20N4O3. The highest BCUT2D eigenvalue weighted by atomic mass is 16.4. The molecule has 7 nitrogen and oxygen atoms in total. The third kappa shape index (κ3) is 3.80. The van der Waals surface area contributed by atoms with Gasteiger partial charge in [0.05, 0.1) is 6.33 Å². The number of carboxylic acid groups (broad SMARTS) is 1. The van der Waals surface area contributed by atoms with E-state index in [2.05, 4.69) is 10.3 Å². The molecule has 1 aromatic heterocycles. The summed E-state index contributed by atoms with van der Waals surface area (Å²) < 4.78 is 1.64. The van der Waals surface area contributed by atoms with Gasteiger partial charge in [-0.15, -0.1) is 0 Å². The van der Waals surface area contributed by atoms with Gasteiger partial charge < -0.3 is 20.7 Å². The van der Waals surface area contributed by atoms with E-state index >= 15 is 0 Å². The molecule has 0 aliphatic heterocycles. The van der Waals surface area contributed by atoms with Crippen molar-refractivity contribution in [2.75, 3.05) is 6.54 Å². The summed E-state index contributed by atoms with van der Waals surface area (Å²) in [6.45, 7) is 0.925. The van der Waals surface area contributed by atoms with Crippen LogP contribution in [0, 0.1) is 0 Å². The van der Waals surface area contributed by atoms with E-state index in [-0.39, 0.29) is 17.1 Å². The topological polar surface area (TPSA) is 110 Å². The highest BCUT2D eigenvalue weighted by molar-refractivity contribution is 5.84. The van der Waals surface area contributed by atoms with Gasteiger partial charge in [0.25, 0.3) is 0 Å². The van der Waals surface area contributed by atoms with Crippen molar-refractivity contribution in [2.24, 2.45) is 5.73 Å². The van der Waals surface area contributed by atoms with Crippen LogP contribution in [0.5, 0.6) is 0 Å². The first kappa shape index (κ1) is 14.5. The molecule has 1 amide bonds. The maximum absolute atomic E-state index is 11.8. The molecule has 1 heterocycles. The maximum atomic E-state index is 11.8. The number of nitrogens with two attached hydrogens (primary N) is 1. The van der Waals surface area contributed by atoms with Crippen LogP contribution in [0.25, 0.3) is 0 Å². The number of carbonyl (C=O) groups excluding carboxylic acids is 1. The molecule has 1 aliphatic rings. The lowest BCUT2D eigenvalue weighted by atomic mass is 9.94. The number of carboxylic acids is 1. The van der Waals surface area contributed by atoms with Gasteiger partial charge in [-0.3, -0.25) is 4.79 Å². The summed E-state index contributed by atoms with van der Waals surface area (Å²) in [5.74, 6) is -1.10. The summed E-state index contributed by atoms with van der Waals surface area (Å²) in [6.07, 6.45) is 7.24. The fraction of sp³-hybridized carbons (Fsp3) is 0.615. The van der Waals surface area contributed by atoms with Gasteiger partial charge in [-0.2, -0.15) is 0 Å². The second kappa shape index (κ2) is 6.04. The van der Waals surface area contributed by atoms with Gasteiger partial charge in [-0.25, -0.2) is 9.78 Å². The Kier molecular flexibility index (Phi) is 4.39. The first-order valence-corrected chi connectivity index (χ1v) is 6.79. The van der Waals surface area contributed by atoms with Crippen molar-refractivity contribution in [3.63, 3.8) is 0 Å². The van der Waals surface area contributed by atoms with Crippen LogP contribution in [0.3, 0.4) is 0 Å². The van der Waals surface area contributed by atoms with Crippen LogP contribution < -0.4 is 11.1 Å². The van der Waals surface area contributed by atoms with Gasteiger partial charge in [-0.1, -0.05) is 12.8 Å². The minimum Gasteiger partial charge on any atom is -0.476 e. The number of rotatable bonds is 6. The lowest BCUT2D eigenvalue weighted by Gasteiger charge is -2.22. The van der Waals surface area contributed by atoms with Crippen LogP contribution in [0.1, 0.15) is 42.6 Å². The monoisotopic (exact) mass is 280 g/mol. The molecule has 7 heteroatoms. The number of aromatic carboxylic acids is 1. The number of nitrogens with one attached hydrogen (secondary N) is 1. The number of amides is 1. The lowest BCUT2D eigenvalue weighted by molar-refractivity contribution is -0.122. The second-order valence-electron chi connectivity index (χ2n) is 5.40. The molecule has 1 aromatic rings. The Morgan fingerprint density at radius 2 is 2.15 bits per heavy atom. The Balaban J connectivity index is 1.72. The molecule has 0 aromatic carbocycles. The zero-order valence-corrected chi connectivity index (χ0v) is 11.3. The Labute approximate surface area is 117 Å². The summed E-state index contributed by atoms with van der Waals surface area (Å²) in [7, 11) is 0. The average Bonchev–Trinajstić information content (AvgIpc) is 2.98. The zero-order chi connectivity index (χ0) is 14.6. The fourth-order valence-electron chi connectivity index (χ4n) is 2.56. The smallest absolute Gasteiger partial charge is 0.356 e. The van der Waals surface area contributed by atoms with E-state index in [4.69, 9.17) is 10.8 Å². The van der Waals surface area contributed by atoms with Crippen molar-refractivity contribution < 1.29 is 14.7 Å². The quantitative estimate of drug-likeness (QED) is 0.697. The summed E-state index contributed by atoms with van der Waals surface area (Å²) in [5, 5.41) is 11.5. The van der Waals surface area contributed by atoms with Gasteiger partial charge in [0.2, 0.25) is 5.91 Å². The Morgan fingerprint density at radius 3 is 2.75 bits per heavy atom. The van der Waals surface area contributed by atoms with E-state index < -0.39 is 5.97 Å². The van der Waals surface area contributed by atoms with E-state index in [1.165, 1.54) is 12.5 Å². The summed E-state index contributed by atoms with van der Waals surface area (Å²) in [6, 6.07) is 0. The Morgan fingerprint density at radius 1 is 1.45 bits per heavy atom. The molecule has 0 atom stereocenters. The molecule has 0 saturated heterocycles. The molecule has 0 radical (unpaired) electrons. The summed E-state index contributed by atoms with van der Waals surface area (Å²) in [5.41, 5.74) is 5.80. The highest BCUT2D eigenvalue weighted by Gasteiger charge is 2.31. The Hall–Kier alpha value is -1.89. The third-order valence-electron chi connectivity index (χ3n) is 3.66. The van der Waals surface area contributed by atoms with Crippen molar-refractivity contribution >= 4 is 11.9 Å². The van der Waals surface area contributed by atoms with Gasteiger partial charge in [0.15, 0.2) is 5.69 Å². The van der Waals surface area contributed by atoms with Crippen LogP contribution in [-0.4, -0.2) is 38.6 Å². The van der Waals surface area contributed by atoms with Crippen molar-refractivity contribution in [1.82, 2.24) is 14.9 Å². The molecular weight excluding hydrogens is 260 g/mol. The van der Waals surface area contributed by atoms with Gasteiger partial charge in [-0.05, 0) is 12.8 Å².